The number of hydrogen-bond donors (Lipinski definition) is 0. The number of halogens is 3. The van der Waals surface area contributed by atoms with Gasteiger partial charge in [0.15, 0.2) is 5.70 Å². The van der Waals surface area contributed by atoms with Crippen LogP contribution in [0.3, 0.4) is 0 Å². The summed E-state index contributed by atoms with van der Waals surface area (Å²) in [7, 11) is 0. The number of nitrogens with zero attached hydrogens (tertiary/aromatic N) is 1. The van der Waals surface area contributed by atoms with Gasteiger partial charge in [-0.2, -0.15) is 0 Å². The molecule has 35 heavy (non-hydrogen) atoms. The normalized spacial score (nSPS) is 14.3. The summed E-state index contributed by atoms with van der Waals surface area (Å²) in [5.41, 5.74) is 2.30. The van der Waals surface area contributed by atoms with Gasteiger partial charge in [-0.05, 0) is 55.5 Å². The van der Waals surface area contributed by atoms with Crippen molar-refractivity contribution in [3.05, 3.63) is 102 Å². The van der Waals surface area contributed by atoms with Crippen LogP contribution in [-0.4, -0.2) is 17.8 Å². The van der Waals surface area contributed by atoms with Gasteiger partial charge in [0.25, 0.3) is 0 Å². The molecular weight excluding hydrogens is 618 g/mol. The number of carbonyl (C=O) groups is 2. The van der Waals surface area contributed by atoms with Crippen LogP contribution in [0.4, 0.5) is 0 Å². The predicted octanol–water partition coefficient (Wildman–Crippen LogP) is 7.95. The van der Waals surface area contributed by atoms with Gasteiger partial charge in [-0.3, -0.25) is 0 Å². The highest BCUT2D eigenvalue weighted by molar-refractivity contribution is 9.10. The number of carbonyl (C=O) groups excluding carboxylic acids is 2. The van der Waals surface area contributed by atoms with Crippen LogP contribution in [0.25, 0.3) is 16.2 Å². The molecule has 0 amide bonds. The van der Waals surface area contributed by atoms with Gasteiger partial charge in [0.1, 0.15) is 10.6 Å². The Morgan fingerprint density at radius 3 is 2.66 bits per heavy atom. The minimum absolute atomic E-state index is 0.0987. The van der Waals surface area contributed by atoms with E-state index in [1.54, 1.807) is 18.2 Å². The Labute approximate surface area is 226 Å². The summed E-state index contributed by atoms with van der Waals surface area (Å²) in [6.07, 6.45) is 1.53. The lowest BCUT2D eigenvalue weighted by Crippen LogP contribution is -2.08. The Balaban J connectivity index is 1.48. The van der Waals surface area contributed by atoms with Crippen LogP contribution in [0.15, 0.2) is 80.3 Å². The van der Waals surface area contributed by atoms with Crippen molar-refractivity contribution >= 4 is 88.8 Å². The molecule has 5 nitrogen and oxygen atoms in total. The molecule has 0 atom stereocenters. The molecule has 0 saturated heterocycles. The van der Waals surface area contributed by atoms with E-state index in [-0.39, 0.29) is 17.3 Å². The Kier molecular flexibility index (Phi) is 6.63. The topological polar surface area (TPSA) is 65.0 Å². The van der Waals surface area contributed by atoms with Crippen LogP contribution in [0.1, 0.15) is 26.4 Å². The van der Waals surface area contributed by atoms with E-state index in [4.69, 9.17) is 21.1 Å². The molecule has 0 radical (unpaired) electrons. The molecular formula is C26H14Br2ClNO4S. The summed E-state index contributed by atoms with van der Waals surface area (Å²) in [6, 6.07) is 18.2. The number of hydrogen-bond acceptors (Lipinski definition) is 6. The summed E-state index contributed by atoms with van der Waals surface area (Å²) in [5.74, 6) is -0.696. The molecule has 2 heterocycles. The second-order valence-electron chi connectivity index (χ2n) is 7.66. The molecule has 174 valence electrons. The average molecular weight is 632 g/mol. The second kappa shape index (κ2) is 9.70. The van der Waals surface area contributed by atoms with Crippen molar-refractivity contribution in [1.29, 1.82) is 0 Å². The van der Waals surface area contributed by atoms with Crippen molar-refractivity contribution in [2.24, 2.45) is 4.99 Å². The third-order valence-electron chi connectivity index (χ3n) is 5.13. The van der Waals surface area contributed by atoms with Crippen molar-refractivity contribution in [3.63, 3.8) is 0 Å². The molecule has 9 heteroatoms. The second-order valence-corrected chi connectivity index (χ2v) is 10.9. The van der Waals surface area contributed by atoms with E-state index in [1.807, 2.05) is 49.4 Å². The van der Waals surface area contributed by atoms with Crippen LogP contribution in [0.5, 0.6) is 5.75 Å². The Morgan fingerprint density at radius 1 is 1.09 bits per heavy atom. The van der Waals surface area contributed by atoms with Gasteiger partial charge in [-0.25, -0.2) is 14.6 Å². The van der Waals surface area contributed by atoms with E-state index in [0.29, 0.717) is 21.0 Å². The number of rotatable bonds is 4. The van der Waals surface area contributed by atoms with Crippen molar-refractivity contribution in [1.82, 2.24) is 0 Å². The number of benzene rings is 3. The number of aliphatic imine (C=N–C) groups is 1. The summed E-state index contributed by atoms with van der Waals surface area (Å²) < 4.78 is 13.6. The molecule has 3 aromatic carbocycles. The maximum atomic E-state index is 13.0. The number of aryl methyl sites for hydroxylation is 1. The molecule has 0 saturated carbocycles. The molecule has 0 unspecified atom stereocenters. The van der Waals surface area contributed by atoms with Crippen molar-refractivity contribution in [2.45, 2.75) is 6.92 Å². The highest BCUT2D eigenvalue weighted by atomic mass is 79.9. The van der Waals surface area contributed by atoms with E-state index in [0.717, 1.165) is 24.6 Å². The van der Waals surface area contributed by atoms with E-state index in [1.165, 1.54) is 17.4 Å². The zero-order chi connectivity index (χ0) is 24.7. The fourth-order valence-electron chi connectivity index (χ4n) is 3.50. The number of cyclic esters (lactones) is 1. The van der Waals surface area contributed by atoms with Gasteiger partial charge in [0, 0.05) is 30.2 Å². The van der Waals surface area contributed by atoms with Crippen LogP contribution in [0, 0.1) is 6.92 Å². The molecule has 0 bridgehead atoms. The van der Waals surface area contributed by atoms with E-state index >= 15 is 0 Å². The first-order valence-corrected chi connectivity index (χ1v) is 13.1. The van der Waals surface area contributed by atoms with E-state index in [2.05, 4.69) is 36.9 Å². The summed E-state index contributed by atoms with van der Waals surface area (Å²) in [4.78, 5) is 30.2. The molecule has 1 aliphatic rings. The van der Waals surface area contributed by atoms with Crippen molar-refractivity contribution in [2.75, 3.05) is 0 Å². The third kappa shape index (κ3) is 4.97. The van der Waals surface area contributed by atoms with E-state index < -0.39 is 11.9 Å². The lowest BCUT2D eigenvalue weighted by atomic mass is 10.1. The third-order valence-corrected chi connectivity index (χ3v) is 7.75. The first kappa shape index (κ1) is 23.9. The maximum Gasteiger partial charge on any atom is 0.363 e. The monoisotopic (exact) mass is 629 g/mol. The molecule has 0 N–H and O–H groups in total. The SMILES string of the molecule is Cc1cccc(C2=N/C(=C/c3cc(Br)ccc3OC(=O)c3sc4cc(Br)ccc4c3Cl)C(=O)O2)c1. The number of fused-ring (bicyclic) bond motifs is 1. The van der Waals surface area contributed by atoms with Crippen LogP contribution in [0.2, 0.25) is 5.02 Å². The largest absolute Gasteiger partial charge is 0.422 e. The van der Waals surface area contributed by atoms with Gasteiger partial charge in [0.05, 0.1) is 5.02 Å². The van der Waals surface area contributed by atoms with Crippen LogP contribution < -0.4 is 4.74 Å². The number of thiophene rings is 1. The van der Waals surface area contributed by atoms with Crippen LogP contribution >= 0.6 is 54.8 Å². The maximum absolute atomic E-state index is 13.0. The fraction of sp³-hybridized carbons (Fsp3) is 0.0385. The number of esters is 2. The molecule has 5 rings (SSSR count). The first-order valence-electron chi connectivity index (χ1n) is 10.3. The van der Waals surface area contributed by atoms with Gasteiger partial charge in [-0.15, -0.1) is 11.3 Å². The highest BCUT2D eigenvalue weighted by Gasteiger charge is 2.25. The van der Waals surface area contributed by atoms with Crippen LogP contribution in [-0.2, 0) is 9.53 Å². The van der Waals surface area contributed by atoms with E-state index in [9.17, 15) is 9.59 Å². The lowest BCUT2D eigenvalue weighted by Gasteiger charge is -2.08. The molecule has 1 aliphatic heterocycles. The smallest absolute Gasteiger partial charge is 0.363 e. The quantitative estimate of drug-likeness (QED) is 0.130. The Bertz CT molecular complexity index is 1590. The van der Waals surface area contributed by atoms with Gasteiger partial charge >= 0.3 is 11.9 Å². The standard InChI is InChI=1S/C26H14Br2ClNO4S/c1-13-3-2-4-14(9-13)24-30-19(25(31)34-24)11-15-10-16(27)6-8-20(15)33-26(32)23-22(29)18-7-5-17(28)12-21(18)35-23/h2-12H,1H3/b19-11+. The van der Waals surface area contributed by atoms with Gasteiger partial charge in [0.2, 0.25) is 5.90 Å². The predicted molar refractivity (Wildman–Crippen MR) is 145 cm³/mol. The average Bonchev–Trinajstić information content (AvgIpc) is 3.35. The zero-order valence-electron chi connectivity index (χ0n) is 18.0. The molecule has 0 spiro atoms. The molecule has 1 aromatic heterocycles. The van der Waals surface area contributed by atoms with Crippen molar-refractivity contribution < 1.29 is 19.1 Å². The minimum atomic E-state index is -0.591. The van der Waals surface area contributed by atoms with Crippen molar-refractivity contribution in [3.8, 4) is 5.75 Å². The minimum Gasteiger partial charge on any atom is -0.422 e. The fourth-order valence-corrected chi connectivity index (χ4v) is 5.82. The highest BCUT2D eigenvalue weighted by Crippen LogP contribution is 2.38. The zero-order valence-corrected chi connectivity index (χ0v) is 22.7. The Hall–Kier alpha value is -2.78. The summed E-state index contributed by atoms with van der Waals surface area (Å²) in [5, 5.41) is 1.11. The number of ether oxygens (including phenoxy) is 2. The molecule has 4 aromatic rings. The van der Waals surface area contributed by atoms with Gasteiger partial charge in [-0.1, -0.05) is 67.2 Å². The lowest BCUT2D eigenvalue weighted by molar-refractivity contribution is -0.129. The summed E-state index contributed by atoms with van der Waals surface area (Å²) in [6.45, 7) is 1.95. The summed E-state index contributed by atoms with van der Waals surface area (Å²) >= 11 is 14.6. The first-order chi connectivity index (χ1) is 16.8. The molecule has 0 aliphatic carbocycles. The molecule has 0 fully saturated rings. The van der Waals surface area contributed by atoms with Gasteiger partial charge < -0.3 is 9.47 Å². The Morgan fingerprint density at radius 2 is 1.86 bits per heavy atom.